The van der Waals surface area contributed by atoms with Crippen LogP contribution in [0.2, 0.25) is 0 Å². The maximum absolute atomic E-state index is 11.3. The third-order valence-electron chi connectivity index (χ3n) is 2.16. The van der Waals surface area contributed by atoms with Gasteiger partial charge in [0.25, 0.3) is 0 Å². The first-order valence-corrected chi connectivity index (χ1v) is 4.64. The van der Waals surface area contributed by atoms with E-state index >= 15 is 0 Å². The van der Waals surface area contributed by atoms with E-state index in [0.29, 0.717) is 0 Å². The zero-order valence-electron chi connectivity index (χ0n) is 8.39. The standard InChI is InChI=1S/C9H14O7/c1-2-3-15-9(14)7-5(11)4(10)6(12)8(13)16-7/h2,4-8,10-13H,1,3H2/t4?,5-,6-,7?,8+/m0/s1. The Morgan fingerprint density at radius 3 is 2.44 bits per heavy atom. The topological polar surface area (TPSA) is 116 Å². The summed E-state index contributed by atoms with van der Waals surface area (Å²) in [5.74, 6) is -0.947. The quantitative estimate of drug-likeness (QED) is 0.315. The number of aliphatic hydroxyl groups is 4. The minimum Gasteiger partial charge on any atom is -0.459 e. The molecule has 7 nitrogen and oxygen atoms in total. The van der Waals surface area contributed by atoms with Crippen molar-refractivity contribution in [2.24, 2.45) is 0 Å². The minimum absolute atomic E-state index is 0.0832. The van der Waals surface area contributed by atoms with E-state index in [2.05, 4.69) is 16.1 Å². The first-order valence-electron chi connectivity index (χ1n) is 4.64. The van der Waals surface area contributed by atoms with Gasteiger partial charge in [-0.25, -0.2) is 4.79 Å². The lowest BCUT2D eigenvalue weighted by atomic mass is 9.99. The Bertz CT molecular complexity index is 267. The van der Waals surface area contributed by atoms with Crippen LogP contribution in [0.1, 0.15) is 0 Å². The molecule has 16 heavy (non-hydrogen) atoms. The van der Waals surface area contributed by atoms with Crippen molar-refractivity contribution in [1.29, 1.82) is 0 Å². The summed E-state index contributed by atoms with van der Waals surface area (Å²) in [4.78, 5) is 11.3. The maximum atomic E-state index is 11.3. The summed E-state index contributed by atoms with van der Waals surface area (Å²) in [6, 6.07) is 0. The molecular formula is C9H14O7. The van der Waals surface area contributed by atoms with Crippen molar-refractivity contribution in [3.63, 3.8) is 0 Å². The van der Waals surface area contributed by atoms with Crippen molar-refractivity contribution in [3.8, 4) is 0 Å². The van der Waals surface area contributed by atoms with Crippen molar-refractivity contribution in [1.82, 2.24) is 0 Å². The summed E-state index contributed by atoms with van der Waals surface area (Å²) in [7, 11) is 0. The summed E-state index contributed by atoms with van der Waals surface area (Å²) in [6.45, 7) is 3.24. The Balaban J connectivity index is 2.66. The molecule has 0 bridgehead atoms. The molecule has 2 unspecified atom stereocenters. The molecule has 1 aliphatic heterocycles. The smallest absolute Gasteiger partial charge is 0.338 e. The molecule has 4 N–H and O–H groups in total. The van der Waals surface area contributed by atoms with E-state index in [1.165, 1.54) is 6.08 Å². The van der Waals surface area contributed by atoms with Gasteiger partial charge in [-0.2, -0.15) is 0 Å². The van der Waals surface area contributed by atoms with E-state index in [-0.39, 0.29) is 6.61 Å². The van der Waals surface area contributed by atoms with Gasteiger partial charge >= 0.3 is 5.97 Å². The maximum Gasteiger partial charge on any atom is 0.338 e. The summed E-state index contributed by atoms with van der Waals surface area (Å²) < 4.78 is 9.21. The molecule has 0 saturated carbocycles. The SMILES string of the molecule is C=CCOC(=O)C1O[C@@H](O)[C@@H](O)C(O)[C@@H]1O. The van der Waals surface area contributed by atoms with Gasteiger partial charge in [0, 0.05) is 0 Å². The predicted molar refractivity (Wildman–Crippen MR) is 50.1 cm³/mol. The highest BCUT2D eigenvalue weighted by Gasteiger charge is 2.46. The second kappa shape index (κ2) is 5.37. The number of ether oxygens (including phenoxy) is 2. The van der Waals surface area contributed by atoms with Gasteiger partial charge in [-0.3, -0.25) is 0 Å². The summed E-state index contributed by atoms with van der Waals surface area (Å²) in [5.41, 5.74) is 0. The molecule has 5 atom stereocenters. The van der Waals surface area contributed by atoms with E-state index in [9.17, 15) is 15.0 Å². The molecule has 1 rings (SSSR count). The van der Waals surface area contributed by atoms with Crippen LogP contribution in [0.3, 0.4) is 0 Å². The van der Waals surface area contributed by atoms with Crippen LogP contribution in [0.5, 0.6) is 0 Å². The van der Waals surface area contributed by atoms with Crippen LogP contribution in [0.15, 0.2) is 12.7 Å². The minimum atomic E-state index is -1.75. The average Bonchev–Trinajstić information content (AvgIpc) is 2.28. The summed E-state index contributed by atoms with van der Waals surface area (Å²) in [6.07, 6.45) is -6.97. The zero-order valence-corrected chi connectivity index (χ0v) is 8.39. The van der Waals surface area contributed by atoms with E-state index in [1.807, 2.05) is 0 Å². The number of rotatable bonds is 3. The van der Waals surface area contributed by atoms with E-state index in [4.69, 9.17) is 10.2 Å². The van der Waals surface area contributed by atoms with Crippen molar-refractivity contribution >= 4 is 5.97 Å². The Hall–Kier alpha value is -0.990. The molecule has 0 spiro atoms. The van der Waals surface area contributed by atoms with Gasteiger partial charge in [0.2, 0.25) is 0 Å². The summed E-state index contributed by atoms with van der Waals surface area (Å²) in [5, 5.41) is 37.0. The van der Waals surface area contributed by atoms with E-state index in [0.717, 1.165) is 0 Å². The normalized spacial score (nSPS) is 39.1. The van der Waals surface area contributed by atoms with Gasteiger partial charge in [-0.05, 0) is 0 Å². The molecule has 0 radical (unpaired) electrons. The molecule has 0 aliphatic carbocycles. The van der Waals surface area contributed by atoms with E-state index < -0.39 is 36.7 Å². The molecule has 1 heterocycles. The second-order valence-electron chi connectivity index (χ2n) is 3.34. The first-order chi connectivity index (χ1) is 7.49. The number of esters is 1. The van der Waals surface area contributed by atoms with E-state index in [1.54, 1.807) is 0 Å². The monoisotopic (exact) mass is 234 g/mol. The third kappa shape index (κ3) is 2.57. The zero-order chi connectivity index (χ0) is 12.3. The van der Waals surface area contributed by atoms with Gasteiger partial charge in [-0.15, -0.1) is 0 Å². The van der Waals surface area contributed by atoms with Crippen molar-refractivity contribution < 1.29 is 34.7 Å². The number of hydrogen-bond donors (Lipinski definition) is 4. The van der Waals surface area contributed by atoms with Gasteiger partial charge < -0.3 is 29.9 Å². The fourth-order valence-electron chi connectivity index (χ4n) is 1.28. The molecule has 0 aromatic carbocycles. The molecule has 0 aromatic heterocycles. The van der Waals surface area contributed by atoms with Crippen LogP contribution in [0.25, 0.3) is 0 Å². The number of carbonyl (C=O) groups excluding carboxylic acids is 1. The average molecular weight is 234 g/mol. The molecule has 92 valence electrons. The van der Waals surface area contributed by atoms with Crippen LogP contribution in [0.4, 0.5) is 0 Å². The summed E-state index contributed by atoms with van der Waals surface area (Å²) >= 11 is 0. The van der Waals surface area contributed by atoms with Crippen LogP contribution in [-0.4, -0.2) is 63.7 Å². The first kappa shape index (κ1) is 13.1. The van der Waals surface area contributed by atoms with Crippen LogP contribution in [-0.2, 0) is 14.3 Å². The van der Waals surface area contributed by atoms with Gasteiger partial charge in [0.1, 0.15) is 24.9 Å². The van der Waals surface area contributed by atoms with Crippen LogP contribution in [0, 0.1) is 0 Å². The highest BCUT2D eigenvalue weighted by molar-refractivity contribution is 5.75. The number of hydrogen-bond acceptors (Lipinski definition) is 7. The molecule has 1 fully saturated rings. The van der Waals surface area contributed by atoms with Crippen molar-refractivity contribution in [2.75, 3.05) is 6.61 Å². The lowest BCUT2D eigenvalue weighted by molar-refractivity contribution is -0.280. The van der Waals surface area contributed by atoms with Crippen molar-refractivity contribution in [3.05, 3.63) is 12.7 Å². The molecule has 1 aliphatic rings. The fourth-order valence-corrected chi connectivity index (χ4v) is 1.28. The Labute approximate surface area is 91.5 Å². The molecule has 7 heteroatoms. The predicted octanol–water partition coefficient (Wildman–Crippen LogP) is -2.48. The van der Waals surface area contributed by atoms with Crippen molar-refractivity contribution in [2.45, 2.75) is 30.7 Å². The molecule has 0 aromatic rings. The molecule has 1 saturated heterocycles. The molecule has 0 amide bonds. The fraction of sp³-hybridized carbons (Fsp3) is 0.667. The van der Waals surface area contributed by atoms with Crippen LogP contribution < -0.4 is 0 Å². The number of carbonyl (C=O) groups is 1. The van der Waals surface area contributed by atoms with Crippen LogP contribution >= 0.6 is 0 Å². The third-order valence-corrected chi connectivity index (χ3v) is 2.16. The Kier molecular flexibility index (Phi) is 4.39. The molecular weight excluding hydrogens is 220 g/mol. The lowest BCUT2D eigenvalue weighted by Gasteiger charge is -2.36. The largest absolute Gasteiger partial charge is 0.459 e. The number of aliphatic hydroxyl groups excluding tert-OH is 4. The van der Waals surface area contributed by atoms with Gasteiger partial charge in [0.15, 0.2) is 12.4 Å². The Morgan fingerprint density at radius 2 is 1.88 bits per heavy atom. The highest BCUT2D eigenvalue weighted by Crippen LogP contribution is 2.20. The second-order valence-corrected chi connectivity index (χ2v) is 3.34. The Morgan fingerprint density at radius 1 is 1.25 bits per heavy atom. The van der Waals surface area contributed by atoms with Gasteiger partial charge in [0.05, 0.1) is 0 Å². The highest BCUT2D eigenvalue weighted by atomic mass is 16.7. The van der Waals surface area contributed by atoms with Gasteiger partial charge in [-0.1, -0.05) is 12.7 Å². The lowest BCUT2D eigenvalue weighted by Crippen LogP contribution is -2.59.